The molecule has 0 unspecified atom stereocenters. The summed E-state index contributed by atoms with van der Waals surface area (Å²) in [7, 11) is 0. The zero-order chi connectivity index (χ0) is 7.98. The van der Waals surface area contributed by atoms with Crippen molar-refractivity contribution in [1.29, 1.82) is 0 Å². The fourth-order valence-electron chi connectivity index (χ4n) is 0.643. The maximum absolute atomic E-state index is 10.8. The zero-order valence-electron chi connectivity index (χ0n) is 7.02. The van der Waals surface area contributed by atoms with Crippen molar-refractivity contribution < 1.29 is 9.53 Å². The molecule has 0 heterocycles. The van der Waals surface area contributed by atoms with E-state index in [0.717, 1.165) is 12.8 Å². The van der Waals surface area contributed by atoms with Crippen LogP contribution >= 0.6 is 0 Å². The van der Waals surface area contributed by atoms with Gasteiger partial charge in [0, 0.05) is 6.42 Å². The molecular formula is C8H16O2. The van der Waals surface area contributed by atoms with Gasteiger partial charge >= 0.3 is 5.97 Å². The van der Waals surface area contributed by atoms with E-state index in [1.54, 1.807) is 0 Å². The van der Waals surface area contributed by atoms with Crippen LogP contribution in [0.4, 0.5) is 0 Å². The Bertz CT molecular complexity index is 97.4. The van der Waals surface area contributed by atoms with Gasteiger partial charge < -0.3 is 4.74 Å². The second kappa shape index (κ2) is 5.27. The van der Waals surface area contributed by atoms with Gasteiger partial charge in [0.2, 0.25) is 0 Å². The molecule has 10 heavy (non-hydrogen) atoms. The van der Waals surface area contributed by atoms with E-state index in [1.165, 1.54) is 0 Å². The van der Waals surface area contributed by atoms with Crippen LogP contribution in [0.15, 0.2) is 0 Å². The first kappa shape index (κ1) is 9.47. The van der Waals surface area contributed by atoms with E-state index < -0.39 is 0 Å². The largest absolute Gasteiger partial charge is 0.463 e. The number of unbranched alkanes of at least 4 members (excludes halogenated alkanes) is 1. The van der Waals surface area contributed by atoms with Crippen LogP contribution < -0.4 is 0 Å². The third kappa shape index (κ3) is 5.60. The average Bonchev–Trinajstić information content (AvgIpc) is 1.82. The van der Waals surface area contributed by atoms with Gasteiger partial charge in [-0.2, -0.15) is 0 Å². The van der Waals surface area contributed by atoms with Crippen LogP contribution in [0.5, 0.6) is 0 Å². The SMILES string of the molecule is CCCCC(=O)OC(C)C. The molecule has 0 saturated heterocycles. The van der Waals surface area contributed by atoms with Gasteiger partial charge in [-0.1, -0.05) is 13.3 Å². The average molecular weight is 144 g/mol. The normalized spacial score (nSPS) is 10.0. The Hall–Kier alpha value is -0.530. The zero-order valence-corrected chi connectivity index (χ0v) is 7.02. The number of carbonyl (C=O) groups is 1. The quantitative estimate of drug-likeness (QED) is 0.565. The monoisotopic (exact) mass is 144 g/mol. The van der Waals surface area contributed by atoms with Crippen LogP contribution in [0.25, 0.3) is 0 Å². The Morgan fingerprint density at radius 2 is 2.10 bits per heavy atom. The summed E-state index contributed by atoms with van der Waals surface area (Å²) < 4.78 is 4.91. The van der Waals surface area contributed by atoms with Crippen LogP contribution in [-0.2, 0) is 9.53 Å². The summed E-state index contributed by atoms with van der Waals surface area (Å²) in [5.74, 6) is -0.0724. The maximum Gasteiger partial charge on any atom is 0.306 e. The van der Waals surface area contributed by atoms with Crippen molar-refractivity contribution in [2.75, 3.05) is 0 Å². The lowest BCUT2D eigenvalue weighted by Gasteiger charge is -2.06. The van der Waals surface area contributed by atoms with Crippen molar-refractivity contribution in [3.05, 3.63) is 0 Å². The molecule has 0 rings (SSSR count). The summed E-state index contributed by atoms with van der Waals surface area (Å²) in [6.07, 6.45) is 2.58. The van der Waals surface area contributed by atoms with Crippen LogP contribution in [0.2, 0.25) is 0 Å². The summed E-state index contributed by atoms with van der Waals surface area (Å²) in [6.45, 7) is 5.79. The first-order chi connectivity index (χ1) is 4.66. The predicted molar refractivity (Wildman–Crippen MR) is 40.8 cm³/mol. The van der Waals surface area contributed by atoms with Crippen molar-refractivity contribution in [2.24, 2.45) is 0 Å². The Morgan fingerprint density at radius 1 is 1.50 bits per heavy atom. The lowest BCUT2D eigenvalue weighted by Crippen LogP contribution is -2.10. The summed E-state index contributed by atoms with van der Waals surface area (Å²) in [5, 5.41) is 0. The van der Waals surface area contributed by atoms with Gasteiger partial charge in [-0.15, -0.1) is 0 Å². The molecule has 0 aliphatic rings. The van der Waals surface area contributed by atoms with Crippen LogP contribution in [0.3, 0.4) is 0 Å². The summed E-state index contributed by atoms with van der Waals surface area (Å²) in [6, 6.07) is 0. The van der Waals surface area contributed by atoms with E-state index in [-0.39, 0.29) is 12.1 Å². The molecule has 0 aromatic rings. The van der Waals surface area contributed by atoms with E-state index in [9.17, 15) is 4.79 Å². The second-order valence-electron chi connectivity index (χ2n) is 2.64. The number of esters is 1. The minimum atomic E-state index is -0.0724. The van der Waals surface area contributed by atoms with Crippen LogP contribution in [0.1, 0.15) is 40.0 Å². The molecule has 0 N–H and O–H groups in total. The Kier molecular flexibility index (Phi) is 4.99. The van der Waals surface area contributed by atoms with Crippen molar-refractivity contribution in [1.82, 2.24) is 0 Å². The fraction of sp³-hybridized carbons (Fsp3) is 0.875. The third-order valence-electron chi connectivity index (χ3n) is 1.10. The Morgan fingerprint density at radius 3 is 2.50 bits per heavy atom. The molecule has 0 radical (unpaired) electrons. The molecule has 0 aliphatic heterocycles. The number of hydrogen-bond acceptors (Lipinski definition) is 2. The van der Waals surface area contributed by atoms with Gasteiger partial charge in [-0.25, -0.2) is 0 Å². The minimum Gasteiger partial charge on any atom is -0.463 e. The van der Waals surface area contributed by atoms with Crippen molar-refractivity contribution in [2.45, 2.75) is 46.1 Å². The van der Waals surface area contributed by atoms with Gasteiger partial charge in [0.15, 0.2) is 0 Å². The molecule has 2 nitrogen and oxygen atoms in total. The van der Waals surface area contributed by atoms with Gasteiger partial charge in [0.05, 0.1) is 6.10 Å². The van der Waals surface area contributed by atoms with Gasteiger partial charge in [-0.05, 0) is 20.3 Å². The summed E-state index contributed by atoms with van der Waals surface area (Å²) in [5.41, 5.74) is 0. The molecule has 0 aromatic heterocycles. The molecule has 60 valence electrons. The van der Waals surface area contributed by atoms with E-state index in [2.05, 4.69) is 6.92 Å². The van der Waals surface area contributed by atoms with Gasteiger partial charge in [0.25, 0.3) is 0 Å². The van der Waals surface area contributed by atoms with E-state index in [0.29, 0.717) is 6.42 Å². The third-order valence-corrected chi connectivity index (χ3v) is 1.10. The molecule has 0 spiro atoms. The van der Waals surface area contributed by atoms with E-state index in [4.69, 9.17) is 4.74 Å². The Labute approximate surface area is 62.6 Å². The number of carbonyl (C=O) groups excluding carboxylic acids is 1. The van der Waals surface area contributed by atoms with Gasteiger partial charge in [-0.3, -0.25) is 4.79 Å². The first-order valence-corrected chi connectivity index (χ1v) is 3.86. The number of rotatable bonds is 4. The molecule has 0 bridgehead atoms. The molecule has 0 saturated carbocycles. The van der Waals surface area contributed by atoms with Crippen molar-refractivity contribution >= 4 is 5.97 Å². The van der Waals surface area contributed by atoms with E-state index in [1.807, 2.05) is 13.8 Å². The van der Waals surface area contributed by atoms with Crippen LogP contribution in [0, 0.1) is 0 Å². The molecule has 0 aliphatic carbocycles. The molecule has 0 aromatic carbocycles. The predicted octanol–water partition coefficient (Wildman–Crippen LogP) is 2.13. The molecular weight excluding hydrogens is 128 g/mol. The highest BCUT2D eigenvalue weighted by atomic mass is 16.5. The second-order valence-corrected chi connectivity index (χ2v) is 2.64. The summed E-state index contributed by atoms with van der Waals surface area (Å²) in [4.78, 5) is 10.8. The lowest BCUT2D eigenvalue weighted by molar-refractivity contribution is -0.147. The number of hydrogen-bond donors (Lipinski definition) is 0. The topological polar surface area (TPSA) is 26.3 Å². The standard InChI is InChI=1S/C8H16O2/c1-4-5-6-8(9)10-7(2)3/h7H,4-6H2,1-3H3. The summed E-state index contributed by atoms with van der Waals surface area (Å²) >= 11 is 0. The fourth-order valence-corrected chi connectivity index (χ4v) is 0.643. The van der Waals surface area contributed by atoms with Crippen molar-refractivity contribution in [3.8, 4) is 0 Å². The molecule has 0 amide bonds. The molecule has 0 atom stereocenters. The number of ether oxygens (including phenoxy) is 1. The maximum atomic E-state index is 10.8. The highest BCUT2D eigenvalue weighted by molar-refractivity contribution is 5.69. The van der Waals surface area contributed by atoms with Gasteiger partial charge in [0.1, 0.15) is 0 Å². The highest BCUT2D eigenvalue weighted by Gasteiger charge is 2.02. The smallest absolute Gasteiger partial charge is 0.306 e. The molecule has 0 fully saturated rings. The minimum absolute atomic E-state index is 0.0318. The lowest BCUT2D eigenvalue weighted by atomic mass is 10.2. The van der Waals surface area contributed by atoms with E-state index >= 15 is 0 Å². The Balaban J connectivity index is 3.26. The van der Waals surface area contributed by atoms with Crippen molar-refractivity contribution in [3.63, 3.8) is 0 Å². The molecule has 2 heteroatoms. The van der Waals surface area contributed by atoms with Crippen LogP contribution in [-0.4, -0.2) is 12.1 Å². The first-order valence-electron chi connectivity index (χ1n) is 3.86. The highest BCUT2D eigenvalue weighted by Crippen LogP contribution is 1.98.